The van der Waals surface area contributed by atoms with Crippen LogP contribution in [0.15, 0.2) is 54.9 Å². The van der Waals surface area contributed by atoms with Crippen molar-refractivity contribution in [3.05, 3.63) is 70.5 Å². The van der Waals surface area contributed by atoms with Crippen molar-refractivity contribution in [3.8, 4) is 22.9 Å². The van der Waals surface area contributed by atoms with Crippen molar-refractivity contribution in [2.24, 2.45) is 7.05 Å². The molecule has 9 nitrogen and oxygen atoms in total. The molecule has 0 aliphatic rings. The molecule has 0 saturated carbocycles. The number of aromatic amines is 1. The lowest BCUT2D eigenvalue weighted by molar-refractivity contribution is -0.390. The van der Waals surface area contributed by atoms with Gasteiger partial charge in [-0.15, -0.1) is 0 Å². The van der Waals surface area contributed by atoms with E-state index in [1.54, 1.807) is 32.2 Å². The highest BCUT2D eigenvalue weighted by Gasteiger charge is 2.24. The van der Waals surface area contributed by atoms with Crippen molar-refractivity contribution >= 4 is 22.7 Å². The lowest BCUT2D eigenvalue weighted by atomic mass is 10.1. The van der Waals surface area contributed by atoms with Crippen molar-refractivity contribution in [2.75, 3.05) is 6.61 Å². The number of carbonyl (C=O) groups is 1. The molecule has 152 valence electrons. The van der Waals surface area contributed by atoms with Crippen LogP contribution >= 0.6 is 0 Å². The van der Waals surface area contributed by atoms with Gasteiger partial charge < -0.3 is 24.6 Å². The zero-order valence-electron chi connectivity index (χ0n) is 16.3. The van der Waals surface area contributed by atoms with E-state index >= 15 is 0 Å². The van der Waals surface area contributed by atoms with Gasteiger partial charge in [-0.05, 0) is 40.6 Å². The number of fused-ring (bicyclic) bond motifs is 1. The lowest BCUT2D eigenvalue weighted by Gasteiger charge is -2.07. The highest BCUT2D eigenvalue weighted by Crippen LogP contribution is 2.35. The Morgan fingerprint density at radius 2 is 2.00 bits per heavy atom. The van der Waals surface area contributed by atoms with E-state index in [1.807, 2.05) is 30.3 Å². The molecule has 0 spiro atoms. The molecule has 0 aliphatic heterocycles. The van der Waals surface area contributed by atoms with Crippen LogP contribution in [-0.2, 0) is 11.8 Å². The minimum atomic E-state index is -0.609. The van der Waals surface area contributed by atoms with Crippen molar-refractivity contribution < 1.29 is 19.2 Å². The number of aryl methyl sites for hydroxylation is 1. The van der Waals surface area contributed by atoms with Crippen LogP contribution in [-0.4, -0.2) is 32.0 Å². The van der Waals surface area contributed by atoms with Crippen LogP contribution in [0, 0.1) is 10.1 Å². The first-order valence-corrected chi connectivity index (χ1v) is 9.21. The van der Waals surface area contributed by atoms with E-state index in [9.17, 15) is 14.9 Å². The van der Waals surface area contributed by atoms with E-state index in [2.05, 4.69) is 9.97 Å². The molecule has 1 N–H and O–H groups in total. The molecule has 2 aromatic carbocycles. The second-order valence-electron chi connectivity index (χ2n) is 6.51. The van der Waals surface area contributed by atoms with Gasteiger partial charge in [-0.1, -0.05) is 30.3 Å². The predicted octanol–water partition coefficient (Wildman–Crippen LogP) is 4.45. The molecule has 2 aromatic heterocycles. The SMILES string of the molecule is CCOC(=O)c1c(-c2ccccc2)[nH]c2ccc(Oc3c([N+](=O)[O-])ncn3C)cc12. The quantitative estimate of drug-likeness (QED) is 0.288. The lowest BCUT2D eigenvalue weighted by Crippen LogP contribution is -2.05. The molecule has 4 rings (SSSR count). The Bertz CT molecular complexity index is 1240. The summed E-state index contributed by atoms with van der Waals surface area (Å²) < 4.78 is 12.4. The van der Waals surface area contributed by atoms with Gasteiger partial charge in [-0.25, -0.2) is 4.79 Å². The minimum Gasteiger partial charge on any atom is -0.462 e. The first kappa shape index (κ1) is 19.2. The summed E-state index contributed by atoms with van der Waals surface area (Å²) in [5, 5.41) is 11.8. The number of imidazole rings is 1. The smallest absolute Gasteiger partial charge is 0.427 e. The third-order valence-electron chi connectivity index (χ3n) is 4.56. The van der Waals surface area contributed by atoms with Crippen LogP contribution in [0.5, 0.6) is 11.6 Å². The number of H-pyrrole nitrogens is 1. The van der Waals surface area contributed by atoms with Crippen LogP contribution in [0.4, 0.5) is 5.82 Å². The number of hydrogen-bond acceptors (Lipinski definition) is 6. The number of hydrogen-bond donors (Lipinski definition) is 1. The summed E-state index contributed by atoms with van der Waals surface area (Å²) in [6.45, 7) is 1.97. The predicted molar refractivity (Wildman–Crippen MR) is 110 cm³/mol. The zero-order valence-corrected chi connectivity index (χ0v) is 16.3. The van der Waals surface area contributed by atoms with Gasteiger partial charge in [0.25, 0.3) is 0 Å². The zero-order chi connectivity index (χ0) is 21.3. The summed E-state index contributed by atoms with van der Waals surface area (Å²) in [5.74, 6) is -0.525. The molecule has 0 fully saturated rings. The number of carbonyl (C=O) groups excluding carboxylic acids is 1. The van der Waals surface area contributed by atoms with Crippen LogP contribution < -0.4 is 4.74 Å². The monoisotopic (exact) mass is 406 g/mol. The molecular weight excluding hydrogens is 388 g/mol. The van der Waals surface area contributed by atoms with E-state index in [-0.39, 0.29) is 18.3 Å². The van der Waals surface area contributed by atoms with Crippen molar-refractivity contribution in [3.63, 3.8) is 0 Å². The van der Waals surface area contributed by atoms with Gasteiger partial charge in [0.15, 0.2) is 0 Å². The van der Waals surface area contributed by atoms with Crippen molar-refractivity contribution in [1.29, 1.82) is 0 Å². The molecule has 0 atom stereocenters. The number of ether oxygens (including phenoxy) is 2. The number of aromatic nitrogens is 3. The average molecular weight is 406 g/mol. The highest BCUT2D eigenvalue weighted by atomic mass is 16.6. The molecule has 0 bridgehead atoms. The fraction of sp³-hybridized carbons (Fsp3) is 0.143. The summed E-state index contributed by atoms with van der Waals surface area (Å²) >= 11 is 0. The Morgan fingerprint density at radius 1 is 1.23 bits per heavy atom. The van der Waals surface area contributed by atoms with E-state index < -0.39 is 10.9 Å². The van der Waals surface area contributed by atoms with Gasteiger partial charge in [-0.2, -0.15) is 0 Å². The van der Waals surface area contributed by atoms with Gasteiger partial charge in [0, 0.05) is 18.0 Å². The first-order chi connectivity index (χ1) is 14.5. The third kappa shape index (κ3) is 3.37. The Morgan fingerprint density at radius 3 is 2.70 bits per heavy atom. The molecule has 2 heterocycles. The number of nitrogens with zero attached hydrogens (tertiary/aromatic N) is 3. The minimum absolute atomic E-state index is 0.00384. The molecule has 0 unspecified atom stereocenters. The second-order valence-corrected chi connectivity index (χ2v) is 6.51. The van der Waals surface area contributed by atoms with Gasteiger partial charge in [0.05, 0.1) is 17.9 Å². The van der Waals surface area contributed by atoms with Gasteiger partial charge >= 0.3 is 17.7 Å². The Labute approximate surface area is 171 Å². The standard InChI is InChI=1S/C21H18N4O5/c1-3-29-21(26)17-15-11-14(30-20-19(25(27)28)22-12-24(20)2)9-10-16(15)23-18(17)13-7-5-4-6-8-13/h4-12,23H,3H2,1-2H3. The summed E-state index contributed by atoms with van der Waals surface area (Å²) in [7, 11) is 1.60. The maximum absolute atomic E-state index is 12.8. The Kier molecular flexibility index (Phi) is 4.93. The van der Waals surface area contributed by atoms with Crippen LogP contribution in [0.3, 0.4) is 0 Å². The first-order valence-electron chi connectivity index (χ1n) is 9.21. The number of rotatable bonds is 6. The maximum atomic E-state index is 12.8. The normalized spacial score (nSPS) is 10.9. The number of nitrogens with one attached hydrogen (secondary N) is 1. The summed E-state index contributed by atoms with van der Waals surface area (Å²) in [6.07, 6.45) is 1.31. The van der Waals surface area contributed by atoms with E-state index in [1.165, 1.54) is 10.9 Å². The van der Waals surface area contributed by atoms with E-state index in [0.29, 0.717) is 27.9 Å². The number of esters is 1. The fourth-order valence-electron chi connectivity index (χ4n) is 3.23. The molecule has 0 radical (unpaired) electrons. The average Bonchev–Trinajstić information content (AvgIpc) is 3.29. The van der Waals surface area contributed by atoms with Crippen molar-refractivity contribution in [1.82, 2.24) is 14.5 Å². The third-order valence-corrected chi connectivity index (χ3v) is 4.56. The van der Waals surface area contributed by atoms with Gasteiger partial charge in [0.1, 0.15) is 5.75 Å². The topological polar surface area (TPSA) is 112 Å². The van der Waals surface area contributed by atoms with Crippen LogP contribution in [0.1, 0.15) is 17.3 Å². The molecule has 30 heavy (non-hydrogen) atoms. The van der Waals surface area contributed by atoms with E-state index in [4.69, 9.17) is 9.47 Å². The number of benzene rings is 2. The Balaban J connectivity index is 1.84. The Hall–Kier alpha value is -4.14. The fourth-order valence-corrected chi connectivity index (χ4v) is 3.23. The summed E-state index contributed by atoms with van der Waals surface area (Å²) in [6, 6.07) is 14.5. The summed E-state index contributed by atoms with van der Waals surface area (Å²) in [5.41, 5.74) is 2.56. The maximum Gasteiger partial charge on any atom is 0.427 e. The molecular formula is C21H18N4O5. The summed E-state index contributed by atoms with van der Waals surface area (Å²) in [4.78, 5) is 30.4. The van der Waals surface area contributed by atoms with Gasteiger partial charge in [0.2, 0.25) is 6.33 Å². The molecule has 0 amide bonds. The second kappa shape index (κ2) is 7.70. The molecule has 0 saturated heterocycles. The largest absolute Gasteiger partial charge is 0.462 e. The van der Waals surface area contributed by atoms with Crippen molar-refractivity contribution in [2.45, 2.75) is 6.92 Å². The van der Waals surface area contributed by atoms with Gasteiger partial charge in [-0.3, -0.25) is 4.57 Å². The molecule has 4 aromatic rings. The van der Waals surface area contributed by atoms with E-state index in [0.717, 1.165) is 5.56 Å². The van der Waals surface area contributed by atoms with Crippen LogP contribution in [0.25, 0.3) is 22.2 Å². The number of nitro groups is 1. The molecule has 0 aliphatic carbocycles. The van der Waals surface area contributed by atoms with Crippen LogP contribution in [0.2, 0.25) is 0 Å². The molecule has 9 heteroatoms. The highest BCUT2D eigenvalue weighted by molar-refractivity contribution is 6.10.